The number of hydrogen-bond acceptors (Lipinski definition) is 3. The molecule has 0 spiro atoms. The zero-order valence-electron chi connectivity index (χ0n) is 12.6. The second kappa shape index (κ2) is 7.11. The number of furan rings is 1. The summed E-state index contributed by atoms with van der Waals surface area (Å²) in [5.74, 6) is 1.86. The molecule has 1 aromatic rings. The summed E-state index contributed by atoms with van der Waals surface area (Å²) in [4.78, 5) is 2.44. The third-order valence-corrected chi connectivity index (χ3v) is 4.27. The van der Waals surface area contributed by atoms with Crippen molar-refractivity contribution >= 4 is 0 Å². The molecule has 3 nitrogen and oxygen atoms in total. The first kappa shape index (κ1) is 14.6. The minimum Gasteiger partial charge on any atom is -0.469 e. The summed E-state index contributed by atoms with van der Waals surface area (Å²) in [7, 11) is 2.22. The van der Waals surface area contributed by atoms with E-state index in [1.165, 1.54) is 37.8 Å². The van der Waals surface area contributed by atoms with Crippen LogP contribution in [0, 0.1) is 12.8 Å². The molecule has 2 atom stereocenters. The van der Waals surface area contributed by atoms with Crippen molar-refractivity contribution in [2.45, 2.75) is 52.1 Å². The highest BCUT2D eigenvalue weighted by Crippen LogP contribution is 2.26. The minimum atomic E-state index is 0.729. The standard InChI is InChI=1S/C16H28N2O/c1-4-9-17-16-7-5-6-15(16)12-18(3)11-14-8-10-19-13(14)2/h8,10,15-17H,4-7,9,11-12H2,1-3H3. The third-order valence-electron chi connectivity index (χ3n) is 4.27. The summed E-state index contributed by atoms with van der Waals surface area (Å²) in [6.07, 6.45) is 7.12. The molecule has 3 heteroatoms. The van der Waals surface area contributed by atoms with Gasteiger partial charge < -0.3 is 14.6 Å². The van der Waals surface area contributed by atoms with Crippen LogP contribution < -0.4 is 5.32 Å². The molecule has 1 fully saturated rings. The van der Waals surface area contributed by atoms with Crippen LogP contribution in [0.15, 0.2) is 16.7 Å². The molecular weight excluding hydrogens is 236 g/mol. The monoisotopic (exact) mass is 264 g/mol. The van der Waals surface area contributed by atoms with E-state index in [0.29, 0.717) is 0 Å². The van der Waals surface area contributed by atoms with E-state index in [1.807, 2.05) is 6.92 Å². The summed E-state index contributed by atoms with van der Waals surface area (Å²) >= 11 is 0. The summed E-state index contributed by atoms with van der Waals surface area (Å²) in [5, 5.41) is 3.71. The first-order valence-electron chi connectivity index (χ1n) is 7.65. The maximum Gasteiger partial charge on any atom is 0.105 e. The molecule has 0 radical (unpaired) electrons. The van der Waals surface area contributed by atoms with Gasteiger partial charge in [0, 0.05) is 24.7 Å². The van der Waals surface area contributed by atoms with Crippen molar-refractivity contribution in [3.8, 4) is 0 Å². The average Bonchev–Trinajstić information content (AvgIpc) is 2.97. The van der Waals surface area contributed by atoms with E-state index in [9.17, 15) is 0 Å². The van der Waals surface area contributed by atoms with Crippen molar-refractivity contribution in [3.05, 3.63) is 23.7 Å². The topological polar surface area (TPSA) is 28.4 Å². The van der Waals surface area contributed by atoms with E-state index in [4.69, 9.17) is 4.42 Å². The fourth-order valence-electron chi connectivity index (χ4n) is 3.18. The van der Waals surface area contributed by atoms with Gasteiger partial charge in [0.15, 0.2) is 0 Å². The zero-order chi connectivity index (χ0) is 13.7. The molecule has 0 amide bonds. The van der Waals surface area contributed by atoms with Gasteiger partial charge in [0.2, 0.25) is 0 Å². The first-order valence-corrected chi connectivity index (χ1v) is 7.65. The normalized spacial score (nSPS) is 23.4. The molecule has 1 saturated carbocycles. The van der Waals surface area contributed by atoms with Crippen LogP contribution in [-0.4, -0.2) is 31.1 Å². The Morgan fingerprint density at radius 1 is 1.42 bits per heavy atom. The smallest absolute Gasteiger partial charge is 0.105 e. The van der Waals surface area contributed by atoms with Crippen molar-refractivity contribution in [1.82, 2.24) is 10.2 Å². The number of aryl methyl sites for hydroxylation is 1. The van der Waals surface area contributed by atoms with E-state index in [1.54, 1.807) is 6.26 Å². The van der Waals surface area contributed by atoms with Crippen LogP contribution in [0.25, 0.3) is 0 Å². The molecule has 2 unspecified atom stereocenters. The van der Waals surface area contributed by atoms with Crippen molar-refractivity contribution < 1.29 is 4.42 Å². The highest BCUT2D eigenvalue weighted by Gasteiger charge is 2.27. The van der Waals surface area contributed by atoms with Gasteiger partial charge in [-0.15, -0.1) is 0 Å². The summed E-state index contributed by atoms with van der Waals surface area (Å²) in [6, 6.07) is 2.82. The average molecular weight is 264 g/mol. The van der Waals surface area contributed by atoms with E-state index >= 15 is 0 Å². The van der Waals surface area contributed by atoms with E-state index in [-0.39, 0.29) is 0 Å². The van der Waals surface area contributed by atoms with Gasteiger partial charge in [-0.25, -0.2) is 0 Å². The van der Waals surface area contributed by atoms with Crippen LogP contribution in [0.1, 0.15) is 43.9 Å². The molecule has 1 aliphatic carbocycles. The maximum atomic E-state index is 5.37. The Labute approximate surface area is 117 Å². The van der Waals surface area contributed by atoms with Crippen molar-refractivity contribution in [2.75, 3.05) is 20.1 Å². The Balaban J connectivity index is 1.81. The lowest BCUT2D eigenvalue weighted by atomic mass is 10.0. The van der Waals surface area contributed by atoms with Crippen LogP contribution >= 0.6 is 0 Å². The Hall–Kier alpha value is -0.800. The van der Waals surface area contributed by atoms with Crippen LogP contribution in [0.4, 0.5) is 0 Å². The Bertz CT molecular complexity index is 375. The number of rotatable bonds is 7. The molecule has 1 aliphatic rings. The Morgan fingerprint density at radius 3 is 2.95 bits per heavy atom. The minimum absolute atomic E-state index is 0.729. The molecule has 108 valence electrons. The van der Waals surface area contributed by atoms with Crippen molar-refractivity contribution in [2.24, 2.45) is 5.92 Å². The lowest BCUT2D eigenvalue weighted by molar-refractivity contribution is 0.244. The van der Waals surface area contributed by atoms with Gasteiger partial charge in [0.25, 0.3) is 0 Å². The molecule has 2 rings (SSSR count). The zero-order valence-corrected chi connectivity index (χ0v) is 12.6. The van der Waals surface area contributed by atoms with Crippen LogP contribution in [0.2, 0.25) is 0 Å². The maximum absolute atomic E-state index is 5.37. The summed E-state index contributed by atoms with van der Waals surface area (Å²) < 4.78 is 5.37. The largest absolute Gasteiger partial charge is 0.469 e. The lowest BCUT2D eigenvalue weighted by Crippen LogP contribution is -2.38. The SMILES string of the molecule is CCCNC1CCCC1CN(C)Cc1ccoc1C. The second-order valence-corrected chi connectivity index (χ2v) is 5.95. The van der Waals surface area contributed by atoms with Gasteiger partial charge in [0.1, 0.15) is 5.76 Å². The number of nitrogens with one attached hydrogen (secondary N) is 1. The lowest BCUT2D eigenvalue weighted by Gasteiger charge is -2.26. The molecule has 19 heavy (non-hydrogen) atoms. The summed E-state index contributed by atoms with van der Waals surface area (Å²) in [5.41, 5.74) is 1.32. The van der Waals surface area contributed by atoms with Gasteiger partial charge in [-0.2, -0.15) is 0 Å². The van der Waals surface area contributed by atoms with Gasteiger partial charge in [0.05, 0.1) is 6.26 Å². The quantitative estimate of drug-likeness (QED) is 0.820. The molecule has 0 bridgehead atoms. The van der Waals surface area contributed by atoms with E-state index < -0.39 is 0 Å². The van der Waals surface area contributed by atoms with Crippen molar-refractivity contribution in [1.29, 1.82) is 0 Å². The van der Waals surface area contributed by atoms with Crippen molar-refractivity contribution in [3.63, 3.8) is 0 Å². The molecule has 0 aliphatic heterocycles. The predicted octanol–water partition coefficient (Wildman–Crippen LogP) is 3.19. The first-order chi connectivity index (χ1) is 9.20. The number of hydrogen-bond donors (Lipinski definition) is 1. The molecule has 0 saturated heterocycles. The Morgan fingerprint density at radius 2 is 2.26 bits per heavy atom. The third kappa shape index (κ3) is 4.08. The van der Waals surface area contributed by atoms with Gasteiger partial charge >= 0.3 is 0 Å². The fraction of sp³-hybridized carbons (Fsp3) is 0.750. The highest BCUT2D eigenvalue weighted by molar-refractivity contribution is 5.15. The number of nitrogens with zero attached hydrogens (tertiary/aromatic N) is 1. The van der Waals surface area contributed by atoms with Gasteiger partial charge in [-0.05, 0) is 51.8 Å². The second-order valence-electron chi connectivity index (χ2n) is 5.95. The van der Waals surface area contributed by atoms with Crippen LogP contribution in [-0.2, 0) is 6.54 Å². The van der Waals surface area contributed by atoms with Gasteiger partial charge in [-0.3, -0.25) is 0 Å². The molecule has 1 heterocycles. The highest BCUT2D eigenvalue weighted by atomic mass is 16.3. The van der Waals surface area contributed by atoms with Gasteiger partial charge in [-0.1, -0.05) is 13.3 Å². The summed E-state index contributed by atoms with van der Waals surface area (Å²) in [6.45, 7) is 7.63. The molecule has 1 N–H and O–H groups in total. The fourth-order valence-corrected chi connectivity index (χ4v) is 3.18. The van der Waals surface area contributed by atoms with Crippen LogP contribution in [0.5, 0.6) is 0 Å². The van der Waals surface area contributed by atoms with Crippen LogP contribution in [0.3, 0.4) is 0 Å². The molecular formula is C16H28N2O. The molecule has 0 aromatic carbocycles. The Kier molecular flexibility index (Phi) is 5.46. The predicted molar refractivity (Wildman–Crippen MR) is 79.2 cm³/mol. The van der Waals surface area contributed by atoms with E-state index in [2.05, 4.69) is 30.3 Å². The molecule has 1 aromatic heterocycles. The van der Waals surface area contributed by atoms with E-state index in [0.717, 1.165) is 30.8 Å².